The number of aromatic nitrogens is 1. The second kappa shape index (κ2) is 5.69. The topological polar surface area (TPSA) is 42.2 Å². The predicted molar refractivity (Wildman–Crippen MR) is 72.5 cm³/mol. The summed E-state index contributed by atoms with van der Waals surface area (Å²) in [6.07, 6.45) is 5.45. The van der Waals surface area contributed by atoms with Crippen molar-refractivity contribution < 1.29 is 0 Å². The Morgan fingerprint density at radius 1 is 1.47 bits per heavy atom. The Morgan fingerprint density at radius 3 is 2.88 bits per heavy atom. The van der Waals surface area contributed by atoms with Crippen LogP contribution in [-0.4, -0.2) is 24.1 Å². The van der Waals surface area contributed by atoms with Crippen molar-refractivity contribution in [2.24, 2.45) is 11.7 Å². The van der Waals surface area contributed by atoms with Crippen molar-refractivity contribution in [1.82, 2.24) is 4.98 Å². The highest BCUT2D eigenvalue weighted by molar-refractivity contribution is 6.30. The number of nitrogens with two attached hydrogens (primary N) is 1. The normalized spacial score (nSPS) is 23.9. The molecule has 17 heavy (non-hydrogen) atoms. The number of nitrogens with zero attached hydrogens (tertiary/aromatic N) is 2. The molecule has 1 aromatic rings. The van der Waals surface area contributed by atoms with E-state index in [4.69, 9.17) is 17.3 Å². The molecule has 0 aromatic carbocycles. The zero-order chi connectivity index (χ0) is 12.3. The number of rotatable bonds is 4. The zero-order valence-corrected chi connectivity index (χ0v) is 11.0. The van der Waals surface area contributed by atoms with E-state index in [1.807, 2.05) is 12.1 Å². The van der Waals surface area contributed by atoms with Gasteiger partial charge >= 0.3 is 0 Å². The van der Waals surface area contributed by atoms with Gasteiger partial charge in [-0.05, 0) is 44.4 Å². The molecular weight excluding hydrogens is 234 g/mol. The first kappa shape index (κ1) is 12.7. The number of pyridine rings is 1. The van der Waals surface area contributed by atoms with Crippen molar-refractivity contribution >= 4 is 17.4 Å². The third-order valence-corrected chi connectivity index (χ3v) is 3.89. The minimum Gasteiger partial charge on any atom is -0.354 e. The molecule has 2 unspecified atom stereocenters. The van der Waals surface area contributed by atoms with Crippen LogP contribution in [0.2, 0.25) is 5.02 Å². The molecule has 1 aliphatic rings. The van der Waals surface area contributed by atoms with Crippen LogP contribution in [0.5, 0.6) is 0 Å². The summed E-state index contributed by atoms with van der Waals surface area (Å²) in [5.74, 6) is 1.62. The zero-order valence-electron chi connectivity index (χ0n) is 10.3. The highest BCUT2D eigenvalue weighted by Crippen LogP contribution is 2.31. The summed E-state index contributed by atoms with van der Waals surface area (Å²) >= 11 is 5.87. The van der Waals surface area contributed by atoms with E-state index in [0.29, 0.717) is 17.0 Å². The van der Waals surface area contributed by atoms with Crippen LogP contribution in [0.25, 0.3) is 0 Å². The van der Waals surface area contributed by atoms with Crippen LogP contribution in [0.4, 0.5) is 5.82 Å². The lowest BCUT2D eigenvalue weighted by Crippen LogP contribution is -2.40. The Balaban J connectivity index is 2.18. The van der Waals surface area contributed by atoms with E-state index in [9.17, 15) is 0 Å². The van der Waals surface area contributed by atoms with Gasteiger partial charge in [-0.25, -0.2) is 4.98 Å². The summed E-state index contributed by atoms with van der Waals surface area (Å²) in [5.41, 5.74) is 5.85. The lowest BCUT2D eigenvalue weighted by atomic mass is 10.0. The van der Waals surface area contributed by atoms with Gasteiger partial charge in [-0.1, -0.05) is 18.0 Å². The lowest BCUT2D eigenvalue weighted by molar-refractivity contribution is 0.459. The molecule has 1 fully saturated rings. The fourth-order valence-electron chi connectivity index (χ4n) is 2.81. The number of hydrogen-bond donors (Lipinski definition) is 1. The van der Waals surface area contributed by atoms with Gasteiger partial charge in [0.15, 0.2) is 0 Å². The molecule has 2 atom stereocenters. The van der Waals surface area contributed by atoms with Crippen LogP contribution in [-0.2, 0) is 0 Å². The van der Waals surface area contributed by atoms with E-state index in [0.717, 1.165) is 18.9 Å². The largest absolute Gasteiger partial charge is 0.354 e. The molecule has 0 spiro atoms. The van der Waals surface area contributed by atoms with E-state index in [1.54, 1.807) is 6.20 Å². The Bertz CT molecular complexity index is 352. The van der Waals surface area contributed by atoms with Gasteiger partial charge in [-0.15, -0.1) is 0 Å². The fourth-order valence-corrected chi connectivity index (χ4v) is 2.92. The van der Waals surface area contributed by atoms with Crippen LogP contribution in [0.3, 0.4) is 0 Å². The van der Waals surface area contributed by atoms with Gasteiger partial charge in [0.05, 0.1) is 5.02 Å². The Morgan fingerprint density at radius 2 is 2.29 bits per heavy atom. The Kier molecular flexibility index (Phi) is 4.24. The average Bonchev–Trinajstić information content (AvgIpc) is 2.81. The average molecular weight is 254 g/mol. The van der Waals surface area contributed by atoms with Crippen LogP contribution in [0.15, 0.2) is 18.3 Å². The van der Waals surface area contributed by atoms with E-state index in [-0.39, 0.29) is 0 Å². The van der Waals surface area contributed by atoms with Gasteiger partial charge in [0.1, 0.15) is 5.82 Å². The number of halogens is 1. The van der Waals surface area contributed by atoms with Crippen molar-refractivity contribution in [1.29, 1.82) is 0 Å². The molecule has 1 heterocycles. The van der Waals surface area contributed by atoms with Crippen LogP contribution in [0.1, 0.15) is 26.2 Å². The maximum absolute atomic E-state index is 5.87. The molecule has 4 heteroatoms. The van der Waals surface area contributed by atoms with Crippen LogP contribution in [0, 0.1) is 5.92 Å². The molecule has 1 saturated carbocycles. The molecule has 2 N–H and O–H groups in total. The molecular formula is C13H20ClN3. The first-order chi connectivity index (χ1) is 8.26. The van der Waals surface area contributed by atoms with E-state index in [1.165, 1.54) is 19.3 Å². The summed E-state index contributed by atoms with van der Waals surface area (Å²) in [6, 6.07) is 4.44. The van der Waals surface area contributed by atoms with Crippen molar-refractivity contribution in [3.63, 3.8) is 0 Å². The Labute approximate surface area is 108 Å². The molecule has 2 rings (SSSR count). The first-order valence-corrected chi connectivity index (χ1v) is 6.72. The van der Waals surface area contributed by atoms with Crippen molar-refractivity contribution in [2.75, 3.05) is 18.0 Å². The second-order valence-electron chi connectivity index (χ2n) is 4.61. The molecule has 0 amide bonds. The van der Waals surface area contributed by atoms with Gasteiger partial charge in [-0.3, -0.25) is 0 Å². The standard InChI is InChI=1S/C13H20ClN3/c1-2-17(12-5-3-4-10(12)8-15)13-7-6-11(14)9-16-13/h6-7,9-10,12H,2-5,8,15H2,1H3. The van der Waals surface area contributed by atoms with E-state index in [2.05, 4.69) is 16.8 Å². The second-order valence-corrected chi connectivity index (χ2v) is 5.05. The van der Waals surface area contributed by atoms with Gasteiger partial charge in [-0.2, -0.15) is 0 Å². The number of anilines is 1. The van der Waals surface area contributed by atoms with Gasteiger partial charge in [0.25, 0.3) is 0 Å². The highest BCUT2D eigenvalue weighted by atomic mass is 35.5. The van der Waals surface area contributed by atoms with Crippen molar-refractivity contribution in [3.8, 4) is 0 Å². The minimum atomic E-state index is 0.540. The van der Waals surface area contributed by atoms with Gasteiger partial charge < -0.3 is 10.6 Å². The summed E-state index contributed by atoms with van der Waals surface area (Å²) in [5, 5.41) is 0.687. The van der Waals surface area contributed by atoms with E-state index < -0.39 is 0 Å². The predicted octanol–water partition coefficient (Wildman–Crippen LogP) is 2.69. The smallest absolute Gasteiger partial charge is 0.128 e. The highest BCUT2D eigenvalue weighted by Gasteiger charge is 2.31. The third kappa shape index (κ3) is 2.72. The summed E-state index contributed by atoms with van der Waals surface area (Å²) < 4.78 is 0. The molecule has 0 bridgehead atoms. The summed E-state index contributed by atoms with van der Waals surface area (Å²) in [6.45, 7) is 3.91. The van der Waals surface area contributed by atoms with Gasteiger partial charge in [0.2, 0.25) is 0 Å². The number of hydrogen-bond acceptors (Lipinski definition) is 3. The van der Waals surface area contributed by atoms with Crippen molar-refractivity contribution in [3.05, 3.63) is 23.4 Å². The maximum atomic E-state index is 5.87. The maximum Gasteiger partial charge on any atom is 0.128 e. The molecule has 0 radical (unpaired) electrons. The quantitative estimate of drug-likeness (QED) is 0.897. The monoisotopic (exact) mass is 253 g/mol. The minimum absolute atomic E-state index is 0.540. The Hall–Kier alpha value is -0.800. The fraction of sp³-hybridized carbons (Fsp3) is 0.615. The molecule has 1 aliphatic carbocycles. The van der Waals surface area contributed by atoms with Crippen LogP contribution >= 0.6 is 11.6 Å². The first-order valence-electron chi connectivity index (χ1n) is 6.34. The molecule has 0 aliphatic heterocycles. The van der Waals surface area contributed by atoms with Gasteiger partial charge in [0, 0.05) is 18.8 Å². The molecule has 3 nitrogen and oxygen atoms in total. The lowest BCUT2D eigenvalue weighted by Gasteiger charge is -2.32. The van der Waals surface area contributed by atoms with Crippen LogP contribution < -0.4 is 10.6 Å². The molecule has 94 valence electrons. The third-order valence-electron chi connectivity index (χ3n) is 3.67. The SMILES string of the molecule is CCN(c1ccc(Cl)cn1)C1CCCC1CN. The summed E-state index contributed by atoms with van der Waals surface area (Å²) in [4.78, 5) is 6.78. The molecule has 1 aromatic heterocycles. The van der Waals surface area contributed by atoms with E-state index >= 15 is 0 Å². The summed E-state index contributed by atoms with van der Waals surface area (Å²) in [7, 11) is 0. The van der Waals surface area contributed by atoms with Crippen molar-refractivity contribution in [2.45, 2.75) is 32.2 Å². The molecule has 0 saturated heterocycles.